The number of non-ortho nitro benzene ring substituents is 1. The van der Waals surface area contributed by atoms with Crippen LogP contribution in [0.15, 0.2) is 24.3 Å². The molecule has 0 saturated heterocycles. The van der Waals surface area contributed by atoms with E-state index in [9.17, 15) is 10.1 Å². The van der Waals surface area contributed by atoms with Gasteiger partial charge >= 0.3 is 0 Å². The molecule has 0 amide bonds. The maximum Gasteiger partial charge on any atom is 0.269 e. The number of methoxy groups -OCH3 is 1. The molecule has 0 aliphatic heterocycles. The fraction of sp³-hybridized carbons (Fsp3) is 0.333. The van der Waals surface area contributed by atoms with Crippen LogP contribution >= 0.6 is 0 Å². The first kappa shape index (κ1) is 14.1. The Morgan fingerprint density at radius 1 is 1.40 bits per heavy atom. The highest BCUT2D eigenvalue weighted by atomic mass is 16.6. The van der Waals surface area contributed by atoms with Gasteiger partial charge < -0.3 is 10.5 Å². The third-order valence-electron chi connectivity index (χ3n) is 2.87. The highest BCUT2D eigenvalue weighted by Gasteiger charge is 2.12. The second-order valence-electron chi connectivity index (χ2n) is 4.20. The summed E-state index contributed by atoms with van der Waals surface area (Å²) in [6, 6.07) is 6.31. The summed E-state index contributed by atoms with van der Waals surface area (Å²) in [4.78, 5) is 10.2. The van der Waals surface area contributed by atoms with Gasteiger partial charge in [0.2, 0.25) is 0 Å². The Morgan fingerprint density at radius 2 is 2.10 bits per heavy atom. The van der Waals surface area contributed by atoms with Gasteiger partial charge in [0.25, 0.3) is 5.69 Å². The van der Waals surface area contributed by atoms with Gasteiger partial charge in [-0.1, -0.05) is 17.3 Å². The predicted molar refractivity (Wildman–Crippen MR) is 70.8 cm³/mol. The highest BCUT2D eigenvalue weighted by Crippen LogP contribution is 2.14. The molecule has 0 bridgehead atoms. The first-order valence-electron chi connectivity index (χ1n) is 5.99. The molecule has 0 unspecified atom stereocenters. The number of benzene rings is 1. The van der Waals surface area contributed by atoms with Crippen LogP contribution in [-0.4, -0.2) is 27.0 Å². The third-order valence-corrected chi connectivity index (χ3v) is 2.87. The van der Waals surface area contributed by atoms with Gasteiger partial charge in [0.05, 0.1) is 23.8 Å². The lowest BCUT2D eigenvalue weighted by molar-refractivity contribution is -0.384. The number of ether oxygens (including phenoxy) is 1. The summed E-state index contributed by atoms with van der Waals surface area (Å²) in [7, 11) is 1.59. The molecular formula is C12H15N5O3. The smallest absolute Gasteiger partial charge is 0.269 e. The molecule has 1 aromatic heterocycles. The Kier molecular flexibility index (Phi) is 4.38. The average Bonchev–Trinajstić information content (AvgIpc) is 2.82. The number of nitro groups is 1. The van der Waals surface area contributed by atoms with E-state index >= 15 is 0 Å². The van der Waals surface area contributed by atoms with Crippen molar-refractivity contribution >= 4 is 5.69 Å². The second-order valence-corrected chi connectivity index (χ2v) is 4.20. The molecule has 8 nitrogen and oxygen atoms in total. The maximum atomic E-state index is 10.6. The summed E-state index contributed by atoms with van der Waals surface area (Å²) < 4.78 is 6.80. The second kappa shape index (κ2) is 6.22. The third kappa shape index (κ3) is 2.98. The summed E-state index contributed by atoms with van der Waals surface area (Å²) in [5.41, 5.74) is 8.05. The molecule has 0 saturated carbocycles. The van der Waals surface area contributed by atoms with Crippen LogP contribution in [0.5, 0.6) is 0 Å². The normalized spacial score (nSPS) is 10.7. The Labute approximate surface area is 115 Å². The quantitative estimate of drug-likeness (QED) is 0.619. The molecule has 20 heavy (non-hydrogen) atoms. The Morgan fingerprint density at radius 3 is 2.65 bits per heavy atom. The van der Waals surface area contributed by atoms with Crippen molar-refractivity contribution in [3.63, 3.8) is 0 Å². The lowest BCUT2D eigenvalue weighted by Crippen LogP contribution is -2.09. The van der Waals surface area contributed by atoms with E-state index in [0.717, 1.165) is 11.3 Å². The molecular weight excluding hydrogens is 262 g/mol. The van der Waals surface area contributed by atoms with E-state index in [1.54, 1.807) is 23.9 Å². The summed E-state index contributed by atoms with van der Waals surface area (Å²) in [6.45, 7) is 1.12. The lowest BCUT2D eigenvalue weighted by Gasteiger charge is -2.06. The SMILES string of the molecule is COCc1c(CN)nnn1Cc1ccc([N+](=O)[O-])cc1. The molecule has 2 N–H and O–H groups in total. The van der Waals surface area contributed by atoms with Crippen LogP contribution in [0, 0.1) is 10.1 Å². The van der Waals surface area contributed by atoms with E-state index in [-0.39, 0.29) is 5.69 Å². The van der Waals surface area contributed by atoms with Crippen molar-refractivity contribution in [3.05, 3.63) is 51.3 Å². The van der Waals surface area contributed by atoms with Crippen LogP contribution in [0.1, 0.15) is 17.0 Å². The minimum atomic E-state index is -0.428. The largest absolute Gasteiger partial charge is 0.378 e. The summed E-state index contributed by atoms with van der Waals surface area (Å²) in [5.74, 6) is 0. The summed E-state index contributed by atoms with van der Waals surface area (Å²) in [6.07, 6.45) is 0. The Bertz CT molecular complexity index is 594. The number of aromatic nitrogens is 3. The molecule has 0 spiro atoms. The number of nitrogens with two attached hydrogens (primary N) is 1. The number of nitro benzene ring substituents is 1. The van der Waals surface area contributed by atoms with Crippen molar-refractivity contribution in [2.45, 2.75) is 19.7 Å². The first-order valence-corrected chi connectivity index (χ1v) is 5.99. The van der Waals surface area contributed by atoms with Crippen LogP contribution in [0.25, 0.3) is 0 Å². The molecule has 106 valence electrons. The number of hydrogen-bond donors (Lipinski definition) is 1. The van der Waals surface area contributed by atoms with Gasteiger partial charge in [0.15, 0.2) is 0 Å². The minimum Gasteiger partial charge on any atom is -0.378 e. The van der Waals surface area contributed by atoms with Crippen LogP contribution in [-0.2, 0) is 24.4 Å². The van der Waals surface area contributed by atoms with E-state index < -0.39 is 4.92 Å². The first-order chi connectivity index (χ1) is 9.65. The van der Waals surface area contributed by atoms with E-state index in [0.29, 0.717) is 25.4 Å². The predicted octanol–water partition coefficient (Wildman–Crippen LogP) is 0.840. The maximum absolute atomic E-state index is 10.6. The Balaban J connectivity index is 2.21. The van der Waals surface area contributed by atoms with E-state index in [1.165, 1.54) is 12.1 Å². The van der Waals surface area contributed by atoms with Gasteiger partial charge in [0.1, 0.15) is 5.69 Å². The topological polar surface area (TPSA) is 109 Å². The Hall–Kier alpha value is -2.32. The molecule has 1 aromatic carbocycles. The molecule has 1 heterocycles. The van der Waals surface area contributed by atoms with Crippen molar-refractivity contribution < 1.29 is 9.66 Å². The van der Waals surface area contributed by atoms with Gasteiger partial charge in [-0.3, -0.25) is 10.1 Å². The zero-order chi connectivity index (χ0) is 14.5. The van der Waals surface area contributed by atoms with Gasteiger partial charge in [-0.2, -0.15) is 0 Å². The number of hydrogen-bond acceptors (Lipinski definition) is 6. The van der Waals surface area contributed by atoms with Crippen molar-refractivity contribution in [2.24, 2.45) is 5.73 Å². The van der Waals surface area contributed by atoms with Gasteiger partial charge in [-0.15, -0.1) is 5.10 Å². The number of rotatable bonds is 6. The summed E-state index contributed by atoms with van der Waals surface area (Å²) in [5, 5.41) is 18.6. The molecule has 2 aromatic rings. The minimum absolute atomic E-state index is 0.0621. The standard InChI is InChI=1S/C12H15N5O3/c1-20-8-12-11(6-13)14-15-16(12)7-9-2-4-10(5-3-9)17(18)19/h2-5H,6-8,13H2,1H3. The van der Waals surface area contributed by atoms with Gasteiger partial charge in [0, 0.05) is 25.8 Å². The zero-order valence-electron chi connectivity index (χ0n) is 11.0. The van der Waals surface area contributed by atoms with Crippen molar-refractivity contribution in [1.29, 1.82) is 0 Å². The van der Waals surface area contributed by atoms with Crippen LogP contribution < -0.4 is 5.73 Å². The van der Waals surface area contributed by atoms with Crippen molar-refractivity contribution in [1.82, 2.24) is 15.0 Å². The van der Waals surface area contributed by atoms with Gasteiger partial charge in [-0.05, 0) is 5.56 Å². The summed E-state index contributed by atoms with van der Waals surface area (Å²) >= 11 is 0. The molecule has 0 radical (unpaired) electrons. The monoisotopic (exact) mass is 277 g/mol. The molecule has 8 heteroatoms. The van der Waals surface area contributed by atoms with E-state index in [2.05, 4.69) is 10.3 Å². The fourth-order valence-corrected chi connectivity index (χ4v) is 1.84. The number of nitrogens with zero attached hydrogens (tertiary/aromatic N) is 4. The molecule has 0 aliphatic rings. The van der Waals surface area contributed by atoms with Gasteiger partial charge in [-0.25, -0.2) is 4.68 Å². The van der Waals surface area contributed by atoms with E-state index in [4.69, 9.17) is 10.5 Å². The van der Waals surface area contributed by atoms with Crippen LogP contribution in [0.3, 0.4) is 0 Å². The molecule has 2 rings (SSSR count). The fourth-order valence-electron chi connectivity index (χ4n) is 1.84. The van der Waals surface area contributed by atoms with Crippen molar-refractivity contribution in [3.8, 4) is 0 Å². The zero-order valence-corrected chi connectivity index (χ0v) is 11.0. The lowest BCUT2D eigenvalue weighted by atomic mass is 10.2. The molecule has 0 atom stereocenters. The highest BCUT2D eigenvalue weighted by molar-refractivity contribution is 5.33. The molecule has 0 fully saturated rings. The van der Waals surface area contributed by atoms with E-state index in [1.807, 2.05) is 0 Å². The van der Waals surface area contributed by atoms with Crippen LogP contribution in [0.2, 0.25) is 0 Å². The van der Waals surface area contributed by atoms with Crippen molar-refractivity contribution in [2.75, 3.05) is 7.11 Å². The molecule has 0 aliphatic carbocycles. The van der Waals surface area contributed by atoms with Crippen LogP contribution in [0.4, 0.5) is 5.69 Å². The average molecular weight is 277 g/mol.